The van der Waals surface area contributed by atoms with Crippen molar-refractivity contribution >= 4 is 0 Å². The molecule has 1 aliphatic carbocycles. The van der Waals surface area contributed by atoms with Crippen LogP contribution in [-0.2, 0) is 18.9 Å². The zero-order valence-electron chi connectivity index (χ0n) is 12.7. The summed E-state index contributed by atoms with van der Waals surface area (Å²) in [5, 5.41) is 10.9. The van der Waals surface area contributed by atoms with E-state index in [0.717, 1.165) is 31.5 Å². The number of benzene rings is 1. The Kier molecular flexibility index (Phi) is 4.11. The normalized spacial score (nSPS) is 18.8. The predicted molar refractivity (Wildman–Crippen MR) is 84.1 cm³/mol. The third-order valence-corrected chi connectivity index (χ3v) is 5.04. The maximum Gasteiger partial charge on any atom is 0.108 e. The van der Waals surface area contributed by atoms with E-state index in [1.807, 2.05) is 30.1 Å². The third kappa shape index (κ3) is 2.75. The van der Waals surface area contributed by atoms with Crippen molar-refractivity contribution in [2.75, 3.05) is 0 Å². The van der Waals surface area contributed by atoms with Gasteiger partial charge in [-0.3, -0.25) is 0 Å². The molecule has 1 heterocycles. The lowest BCUT2D eigenvalue weighted by Gasteiger charge is -2.35. The van der Waals surface area contributed by atoms with Crippen molar-refractivity contribution in [1.82, 2.24) is 9.55 Å². The monoisotopic (exact) mass is 284 g/mol. The van der Waals surface area contributed by atoms with Crippen LogP contribution >= 0.6 is 0 Å². The molecule has 3 heteroatoms. The average molecular weight is 284 g/mol. The fourth-order valence-corrected chi connectivity index (χ4v) is 3.77. The molecule has 0 saturated heterocycles. The molecule has 1 aromatic carbocycles. The van der Waals surface area contributed by atoms with E-state index in [1.54, 1.807) is 0 Å². The van der Waals surface area contributed by atoms with Gasteiger partial charge in [-0.2, -0.15) is 0 Å². The molecule has 1 atom stereocenters. The van der Waals surface area contributed by atoms with Crippen molar-refractivity contribution < 1.29 is 5.11 Å². The quantitative estimate of drug-likeness (QED) is 0.915. The predicted octanol–water partition coefficient (Wildman–Crippen LogP) is 3.23. The van der Waals surface area contributed by atoms with E-state index in [4.69, 9.17) is 0 Å². The Morgan fingerprint density at radius 2 is 1.95 bits per heavy atom. The first kappa shape index (κ1) is 14.3. The van der Waals surface area contributed by atoms with Gasteiger partial charge in [0.25, 0.3) is 0 Å². The Bertz CT molecular complexity index is 570. The molecule has 1 saturated carbocycles. The molecule has 0 bridgehead atoms. The van der Waals surface area contributed by atoms with Crippen LogP contribution in [0, 0.1) is 0 Å². The fraction of sp³-hybridized carbons (Fsp3) is 0.500. The largest absolute Gasteiger partial charge is 0.392 e. The van der Waals surface area contributed by atoms with Crippen LogP contribution in [-0.4, -0.2) is 20.8 Å². The van der Waals surface area contributed by atoms with Crippen LogP contribution < -0.4 is 0 Å². The van der Waals surface area contributed by atoms with Crippen molar-refractivity contribution in [1.29, 1.82) is 0 Å². The molecule has 2 aromatic rings. The molecular formula is C18H24N2O. The smallest absolute Gasteiger partial charge is 0.108 e. The molecule has 3 nitrogen and oxygen atoms in total. The maximum atomic E-state index is 10.9. The molecule has 1 aliphatic rings. The lowest BCUT2D eigenvalue weighted by molar-refractivity contribution is 0.0740. The van der Waals surface area contributed by atoms with Gasteiger partial charge in [0.1, 0.15) is 5.82 Å². The van der Waals surface area contributed by atoms with Gasteiger partial charge in [-0.25, -0.2) is 4.98 Å². The minimum atomic E-state index is -0.293. The Labute approximate surface area is 126 Å². The number of rotatable bonds is 5. The van der Waals surface area contributed by atoms with Gasteiger partial charge in [-0.1, -0.05) is 43.2 Å². The highest BCUT2D eigenvalue weighted by molar-refractivity contribution is 5.28. The molecule has 21 heavy (non-hydrogen) atoms. The van der Waals surface area contributed by atoms with Crippen molar-refractivity contribution in [3.63, 3.8) is 0 Å². The highest BCUT2D eigenvalue weighted by Crippen LogP contribution is 2.44. The van der Waals surface area contributed by atoms with Gasteiger partial charge >= 0.3 is 0 Å². The van der Waals surface area contributed by atoms with Crippen molar-refractivity contribution in [2.45, 2.75) is 50.0 Å². The van der Waals surface area contributed by atoms with Gasteiger partial charge in [-0.05, 0) is 24.8 Å². The molecule has 1 fully saturated rings. The van der Waals surface area contributed by atoms with E-state index < -0.39 is 0 Å². The summed E-state index contributed by atoms with van der Waals surface area (Å²) < 4.78 is 2.04. The van der Waals surface area contributed by atoms with Gasteiger partial charge < -0.3 is 9.67 Å². The lowest BCUT2D eigenvalue weighted by atomic mass is 9.73. The number of aryl methyl sites for hydroxylation is 2. The van der Waals surface area contributed by atoms with E-state index in [2.05, 4.69) is 29.2 Å². The minimum absolute atomic E-state index is 0.0492. The Hall–Kier alpha value is -1.61. The van der Waals surface area contributed by atoms with Crippen LogP contribution in [0.2, 0.25) is 0 Å². The van der Waals surface area contributed by atoms with Crippen molar-refractivity contribution in [3.05, 3.63) is 54.1 Å². The van der Waals surface area contributed by atoms with Gasteiger partial charge in [0.05, 0.1) is 6.10 Å². The Morgan fingerprint density at radius 1 is 1.24 bits per heavy atom. The number of hydrogen-bond donors (Lipinski definition) is 1. The van der Waals surface area contributed by atoms with Crippen LogP contribution in [0.1, 0.15) is 43.5 Å². The van der Waals surface area contributed by atoms with Crippen LogP contribution in [0.4, 0.5) is 0 Å². The second-order valence-corrected chi connectivity index (χ2v) is 6.24. The number of aromatic nitrogens is 2. The first-order valence-corrected chi connectivity index (χ1v) is 7.92. The number of hydrogen-bond acceptors (Lipinski definition) is 2. The second-order valence-electron chi connectivity index (χ2n) is 6.24. The third-order valence-electron chi connectivity index (χ3n) is 5.04. The van der Waals surface area contributed by atoms with Gasteiger partial charge in [0.2, 0.25) is 0 Å². The first-order chi connectivity index (χ1) is 10.2. The maximum absolute atomic E-state index is 10.9. The molecule has 1 unspecified atom stereocenters. The molecule has 1 aromatic heterocycles. The van der Waals surface area contributed by atoms with Crippen LogP contribution in [0.25, 0.3) is 0 Å². The molecule has 0 radical (unpaired) electrons. The van der Waals surface area contributed by atoms with Crippen LogP contribution in [0.3, 0.4) is 0 Å². The Morgan fingerprint density at radius 3 is 2.57 bits per heavy atom. The SMILES string of the molecule is Cn1ccnc1CCC(O)C1(c2ccccc2)CCCC1. The molecule has 3 rings (SSSR count). The molecule has 0 amide bonds. The van der Waals surface area contributed by atoms with Crippen molar-refractivity contribution in [2.24, 2.45) is 7.05 Å². The second kappa shape index (κ2) is 6.02. The average Bonchev–Trinajstić information content (AvgIpc) is 3.16. The first-order valence-electron chi connectivity index (χ1n) is 7.92. The van der Waals surface area contributed by atoms with E-state index in [9.17, 15) is 5.11 Å². The van der Waals surface area contributed by atoms with Gasteiger partial charge in [0, 0.05) is 31.3 Å². The highest BCUT2D eigenvalue weighted by atomic mass is 16.3. The van der Waals surface area contributed by atoms with Gasteiger partial charge in [0.15, 0.2) is 0 Å². The topological polar surface area (TPSA) is 38.0 Å². The zero-order valence-corrected chi connectivity index (χ0v) is 12.7. The molecule has 0 spiro atoms. The highest BCUT2D eigenvalue weighted by Gasteiger charge is 2.41. The van der Waals surface area contributed by atoms with Crippen molar-refractivity contribution in [3.8, 4) is 0 Å². The zero-order chi connectivity index (χ0) is 14.7. The standard InChI is InChI=1S/C18H24N2O/c1-20-14-13-19-17(20)10-9-16(21)18(11-5-6-12-18)15-7-3-2-4-8-15/h2-4,7-8,13-14,16,21H,5-6,9-12H2,1H3. The number of imidazole rings is 1. The fourth-order valence-electron chi connectivity index (χ4n) is 3.77. The molecular weight excluding hydrogens is 260 g/mol. The number of aliphatic hydroxyl groups excluding tert-OH is 1. The summed E-state index contributed by atoms with van der Waals surface area (Å²) in [6.45, 7) is 0. The summed E-state index contributed by atoms with van der Waals surface area (Å²) >= 11 is 0. The molecule has 112 valence electrons. The van der Waals surface area contributed by atoms with Crippen LogP contribution in [0.15, 0.2) is 42.7 Å². The van der Waals surface area contributed by atoms with Crippen LogP contribution in [0.5, 0.6) is 0 Å². The summed E-state index contributed by atoms with van der Waals surface area (Å²) in [6, 6.07) is 10.6. The summed E-state index contributed by atoms with van der Waals surface area (Å²) in [6.07, 6.45) is 9.73. The lowest BCUT2D eigenvalue weighted by Crippen LogP contribution is -2.37. The summed E-state index contributed by atoms with van der Waals surface area (Å²) in [7, 11) is 2.01. The van der Waals surface area contributed by atoms with E-state index in [0.29, 0.717) is 0 Å². The number of nitrogens with zero attached hydrogens (tertiary/aromatic N) is 2. The van der Waals surface area contributed by atoms with E-state index in [1.165, 1.54) is 18.4 Å². The molecule has 0 aliphatic heterocycles. The summed E-state index contributed by atoms with van der Waals surface area (Å²) in [5.41, 5.74) is 1.25. The number of aliphatic hydroxyl groups is 1. The van der Waals surface area contributed by atoms with Gasteiger partial charge in [-0.15, -0.1) is 0 Å². The minimum Gasteiger partial charge on any atom is -0.392 e. The summed E-state index contributed by atoms with van der Waals surface area (Å²) in [4.78, 5) is 4.36. The van der Waals surface area contributed by atoms with E-state index in [-0.39, 0.29) is 11.5 Å². The van der Waals surface area contributed by atoms with E-state index >= 15 is 0 Å². The Balaban J connectivity index is 1.76. The summed E-state index contributed by atoms with van der Waals surface area (Å²) in [5.74, 6) is 1.05. The molecule has 1 N–H and O–H groups in total.